The monoisotopic (exact) mass is 230 g/mol. The summed E-state index contributed by atoms with van der Waals surface area (Å²) in [6.45, 7) is 7.61. The predicted octanol–water partition coefficient (Wildman–Crippen LogP) is 3.41. The molecule has 0 saturated carbocycles. The molecule has 17 heavy (non-hydrogen) atoms. The second-order valence-corrected chi connectivity index (χ2v) is 4.57. The summed E-state index contributed by atoms with van der Waals surface area (Å²) in [6.07, 6.45) is 5.71. The van der Waals surface area contributed by atoms with Gasteiger partial charge in [0.05, 0.1) is 0 Å². The molecule has 2 atom stereocenters. The van der Waals surface area contributed by atoms with Crippen LogP contribution in [0.4, 0.5) is 0 Å². The molecule has 2 heteroatoms. The SMILES string of the molecule is C=CC1OC(C)(C)OC1/C=C/c1ccccc1. The average Bonchev–Trinajstić information content (AvgIpc) is 2.63. The van der Waals surface area contributed by atoms with Crippen LogP contribution in [0.15, 0.2) is 49.1 Å². The van der Waals surface area contributed by atoms with E-state index in [-0.39, 0.29) is 12.2 Å². The Morgan fingerprint density at radius 3 is 2.41 bits per heavy atom. The van der Waals surface area contributed by atoms with E-state index in [2.05, 4.69) is 18.7 Å². The van der Waals surface area contributed by atoms with Crippen LogP contribution in [-0.4, -0.2) is 18.0 Å². The van der Waals surface area contributed by atoms with Crippen LogP contribution in [0.1, 0.15) is 19.4 Å². The number of benzene rings is 1. The molecule has 1 saturated heterocycles. The van der Waals surface area contributed by atoms with Crippen LogP contribution in [0.25, 0.3) is 6.08 Å². The van der Waals surface area contributed by atoms with E-state index in [0.29, 0.717) is 0 Å². The molecular formula is C15H18O2. The van der Waals surface area contributed by atoms with Crippen molar-refractivity contribution < 1.29 is 9.47 Å². The predicted molar refractivity (Wildman–Crippen MR) is 69.5 cm³/mol. The highest BCUT2D eigenvalue weighted by Crippen LogP contribution is 2.29. The summed E-state index contributed by atoms with van der Waals surface area (Å²) in [5.74, 6) is -0.537. The Balaban J connectivity index is 2.08. The summed E-state index contributed by atoms with van der Waals surface area (Å²) in [4.78, 5) is 0. The summed E-state index contributed by atoms with van der Waals surface area (Å²) in [7, 11) is 0. The fourth-order valence-electron chi connectivity index (χ4n) is 1.92. The van der Waals surface area contributed by atoms with Gasteiger partial charge in [0.2, 0.25) is 0 Å². The largest absolute Gasteiger partial charge is 0.340 e. The van der Waals surface area contributed by atoms with Crippen LogP contribution < -0.4 is 0 Å². The summed E-state index contributed by atoms with van der Waals surface area (Å²) in [5.41, 5.74) is 1.16. The minimum atomic E-state index is -0.537. The Kier molecular flexibility index (Phi) is 3.46. The van der Waals surface area contributed by atoms with Gasteiger partial charge in [-0.3, -0.25) is 0 Å². The minimum Gasteiger partial charge on any atom is -0.340 e. The van der Waals surface area contributed by atoms with Gasteiger partial charge in [-0.25, -0.2) is 0 Å². The van der Waals surface area contributed by atoms with Crippen LogP contribution in [-0.2, 0) is 9.47 Å². The summed E-state index contributed by atoms with van der Waals surface area (Å²) >= 11 is 0. The van der Waals surface area contributed by atoms with Crippen LogP contribution in [0.3, 0.4) is 0 Å². The number of rotatable bonds is 3. The molecule has 90 valence electrons. The van der Waals surface area contributed by atoms with Gasteiger partial charge in [0.1, 0.15) is 12.2 Å². The maximum Gasteiger partial charge on any atom is 0.164 e. The van der Waals surface area contributed by atoms with Gasteiger partial charge in [0.25, 0.3) is 0 Å². The zero-order chi connectivity index (χ0) is 12.3. The quantitative estimate of drug-likeness (QED) is 0.741. The molecule has 0 amide bonds. The lowest BCUT2D eigenvalue weighted by molar-refractivity contribution is -0.138. The molecule has 1 heterocycles. The van der Waals surface area contributed by atoms with Gasteiger partial charge in [-0.05, 0) is 19.4 Å². The van der Waals surface area contributed by atoms with Crippen molar-refractivity contribution in [2.45, 2.75) is 31.8 Å². The van der Waals surface area contributed by atoms with Crippen molar-refractivity contribution in [1.82, 2.24) is 0 Å². The molecule has 1 aromatic rings. The van der Waals surface area contributed by atoms with Gasteiger partial charge in [-0.2, -0.15) is 0 Å². The molecule has 1 aromatic carbocycles. The van der Waals surface area contributed by atoms with Crippen LogP contribution in [0.5, 0.6) is 0 Å². The van der Waals surface area contributed by atoms with Crippen molar-refractivity contribution in [1.29, 1.82) is 0 Å². The molecule has 0 radical (unpaired) electrons. The van der Waals surface area contributed by atoms with E-state index in [1.807, 2.05) is 44.2 Å². The van der Waals surface area contributed by atoms with E-state index in [1.54, 1.807) is 6.08 Å². The number of ether oxygens (including phenoxy) is 2. The highest BCUT2D eigenvalue weighted by atomic mass is 16.7. The van der Waals surface area contributed by atoms with Crippen LogP contribution >= 0.6 is 0 Å². The number of hydrogen-bond acceptors (Lipinski definition) is 2. The van der Waals surface area contributed by atoms with Crippen molar-refractivity contribution in [3.63, 3.8) is 0 Å². The second kappa shape index (κ2) is 4.86. The van der Waals surface area contributed by atoms with E-state index in [0.717, 1.165) is 5.56 Å². The van der Waals surface area contributed by atoms with Crippen molar-refractivity contribution in [2.75, 3.05) is 0 Å². The molecule has 1 aliphatic heterocycles. The van der Waals surface area contributed by atoms with Crippen molar-refractivity contribution in [3.8, 4) is 0 Å². The molecule has 0 aliphatic carbocycles. The van der Waals surface area contributed by atoms with E-state index in [1.165, 1.54) is 0 Å². The fraction of sp³-hybridized carbons (Fsp3) is 0.333. The van der Waals surface area contributed by atoms with Crippen LogP contribution in [0.2, 0.25) is 0 Å². The molecule has 1 aliphatic rings. The fourth-order valence-corrected chi connectivity index (χ4v) is 1.92. The smallest absolute Gasteiger partial charge is 0.164 e. The summed E-state index contributed by atoms with van der Waals surface area (Å²) in [5, 5.41) is 0. The lowest BCUT2D eigenvalue weighted by atomic mass is 10.1. The van der Waals surface area contributed by atoms with E-state index in [4.69, 9.17) is 9.47 Å². The Morgan fingerprint density at radius 1 is 1.12 bits per heavy atom. The maximum atomic E-state index is 5.79. The number of hydrogen-bond donors (Lipinski definition) is 0. The molecule has 0 aromatic heterocycles. The van der Waals surface area contributed by atoms with E-state index in [9.17, 15) is 0 Å². The van der Waals surface area contributed by atoms with Gasteiger partial charge < -0.3 is 9.47 Å². The average molecular weight is 230 g/mol. The van der Waals surface area contributed by atoms with Crippen molar-refractivity contribution in [3.05, 3.63) is 54.6 Å². The molecule has 2 nitrogen and oxygen atoms in total. The Hall–Kier alpha value is -1.38. The second-order valence-electron chi connectivity index (χ2n) is 4.57. The first-order chi connectivity index (χ1) is 8.11. The molecule has 2 rings (SSSR count). The normalized spacial score (nSPS) is 27.4. The van der Waals surface area contributed by atoms with Crippen LogP contribution in [0, 0.1) is 0 Å². The maximum absolute atomic E-state index is 5.79. The van der Waals surface area contributed by atoms with Crippen molar-refractivity contribution in [2.24, 2.45) is 0 Å². The standard InChI is InChI=1S/C15H18O2/c1-4-13-14(17-15(2,3)16-13)11-10-12-8-6-5-7-9-12/h4-11,13-14H,1H2,2-3H3/b11-10+. The third kappa shape index (κ3) is 3.05. The zero-order valence-electron chi connectivity index (χ0n) is 10.3. The first-order valence-corrected chi connectivity index (χ1v) is 5.82. The van der Waals surface area contributed by atoms with Gasteiger partial charge in [0.15, 0.2) is 5.79 Å². The third-order valence-electron chi connectivity index (χ3n) is 2.67. The molecule has 0 spiro atoms. The minimum absolute atomic E-state index is 0.0669. The Morgan fingerprint density at radius 2 is 1.76 bits per heavy atom. The van der Waals surface area contributed by atoms with Crippen molar-refractivity contribution >= 4 is 6.08 Å². The van der Waals surface area contributed by atoms with Gasteiger partial charge >= 0.3 is 0 Å². The van der Waals surface area contributed by atoms with E-state index >= 15 is 0 Å². The Bertz CT molecular complexity index is 406. The first kappa shape index (κ1) is 12.1. The lowest BCUT2D eigenvalue weighted by Crippen LogP contribution is -2.20. The van der Waals surface area contributed by atoms with Gasteiger partial charge in [-0.15, -0.1) is 6.58 Å². The first-order valence-electron chi connectivity index (χ1n) is 5.82. The highest BCUT2D eigenvalue weighted by molar-refractivity contribution is 5.49. The molecule has 0 bridgehead atoms. The Labute approximate surface area is 103 Å². The molecule has 2 unspecified atom stereocenters. The molecule has 0 N–H and O–H groups in total. The zero-order valence-corrected chi connectivity index (χ0v) is 10.3. The summed E-state index contributed by atoms with van der Waals surface area (Å²) < 4.78 is 11.5. The lowest BCUT2D eigenvalue weighted by Gasteiger charge is -2.15. The third-order valence-corrected chi connectivity index (χ3v) is 2.67. The summed E-state index contributed by atoms with van der Waals surface area (Å²) in [6, 6.07) is 10.1. The molecular weight excluding hydrogens is 212 g/mol. The molecule has 1 fully saturated rings. The topological polar surface area (TPSA) is 18.5 Å². The van der Waals surface area contributed by atoms with E-state index < -0.39 is 5.79 Å². The highest BCUT2D eigenvalue weighted by Gasteiger charge is 2.38. The van der Waals surface area contributed by atoms with Gasteiger partial charge in [-0.1, -0.05) is 48.6 Å². The van der Waals surface area contributed by atoms with Gasteiger partial charge in [0, 0.05) is 0 Å².